The van der Waals surface area contributed by atoms with Crippen molar-refractivity contribution in [2.75, 3.05) is 0 Å². The minimum absolute atomic E-state index is 0.000933. The lowest BCUT2D eigenvalue weighted by Crippen LogP contribution is -2.51. The Morgan fingerprint density at radius 3 is 2.21 bits per heavy atom. The second kappa shape index (κ2) is 12.2. The molecule has 1 aromatic heterocycles. The number of amides is 4. The topological polar surface area (TPSA) is 250 Å². The Labute approximate surface area is 159 Å². The zero-order chi connectivity index (χ0) is 21.9. The number of hydrogen-bond donors (Lipinski definition) is 7. The molecular formula is C14H25N7O7. The highest BCUT2D eigenvalue weighted by Gasteiger charge is 2.25. The molecule has 158 valence electrons. The van der Waals surface area contributed by atoms with Crippen molar-refractivity contribution in [2.45, 2.75) is 51.4 Å². The maximum Gasteiger partial charge on any atom is 0.328 e. The minimum atomic E-state index is -1.46. The Morgan fingerprint density at radius 2 is 1.79 bits per heavy atom. The number of urea groups is 1. The van der Waals surface area contributed by atoms with Gasteiger partial charge in [-0.3, -0.25) is 9.59 Å². The average molecular weight is 403 g/mol. The number of carboxylic acids is 1. The number of aromatic nitrogens is 2. The number of carbonyl (C=O) groups excluding carboxylic acids is 3. The largest absolute Gasteiger partial charge is 0.480 e. The van der Waals surface area contributed by atoms with Gasteiger partial charge >= 0.3 is 12.0 Å². The van der Waals surface area contributed by atoms with E-state index in [9.17, 15) is 24.3 Å². The van der Waals surface area contributed by atoms with Crippen LogP contribution in [0.15, 0.2) is 4.52 Å². The van der Waals surface area contributed by atoms with E-state index in [0.717, 1.165) is 0 Å². The molecule has 0 spiro atoms. The molecule has 14 nitrogen and oxygen atoms in total. The molecule has 0 saturated carbocycles. The van der Waals surface area contributed by atoms with Crippen LogP contribution in [0.2, 0.25) is 0 Å². The molecule has 1 heterocycles. The van der Waals surface area contributed by atoms with Crippen molar-refractivity contribution in [2.24, 2.45) is 17.2 Å². The monoisotopic (exact) mass is 403 g/mol. The van der Waals surface area contributed by atoms with E-state index in [-0.39, 0.29) is 30.6 Å². The Morgan fingerprint density at radius 1 is 1.21 bits per heavy atom. The van der Waals surface area contributed by atoms with Crippen LogP contribution in [0, 0.1) is 0 Å². The number of carboxylic acid groups (broad SMARTS) is 1. The molecule has 0 radical (unpaired) electrons. The van der Waals surface area contributed by atoms with Gasteiger partial charge in [0, 0.05) is 12.8 Å². The summed E-state index contributed by atoms with van der Waals surface area (Å²) in [6, 6.07) is -3.14. The van der Waals surface area contributed by atoms with E-state index in [0.29, 0.717) is 6.42 Å². The van der Waals surface area contributed by atoms with Crippen LogP contribution in [0.1, 0.15) is 44.4 Å². The van der Waals surface area contributed by atoms with Gasteiger partial charge in [0.1, 0.15) is 0 Å². The Bertz CT molecular complexity index is 677. The van der Waals surface area contributed by atoms with E-state index < -0.39 is 36.1 Å². The summed E-state index contributed by atoms with van der Waals surface area (Å²) in [5.41, 5.74) is 15.3. The third kappa shape index (κ3) is 10.0. The number of rotatable bonds is 9. The summed E-state index contributed by atoms with van der Waals surface area (Å²) in [6.07, 6.45) is -0.998. The van der Waals surface area contributed by atoms with E-state index in [1.54, 1.807) is 6.92 Å². The smallest absolute Gasteiger partial charge is 0.328 e. The van der Waals surface area contributed by atoms with Crippen LogP contribution in [-0.2, 0) is 20.9 Å². The van der Waals surface area contributed by atoms with Gasteiger partial charge in [0.15, 0.2) is 11.9 Å². The quantitative estimate of drug-likeness (QED) is 0.227. The van der Waals surface area contributed by atoms with Crippen molar-refractivity contribution in [3.63, 3.8) is 0 Å². The predicted molar refractivity (Wildman–Crippen MR) is 93.0 cm³/mol. The van der Waals surface area contributed by atoms with Crippen LogP contribution in [0.5, 0.6) is 0 Å². The number of primary amides is 2. The van der Waals surface area contributed by atoms with E-state index in [1.807, 2.05) is 0 Å². The fourth-order valence-corrected chi connectivity index (χ4v) is 1.54. The van der Waals surface area contributed by atoms with Crippen LogP contribution in [0.25, 0.3) is 0 Å². The molecular weight excluding hydrogens is 378 g/mol. The van der Waals surface area contributed by atoms with Crippen LogP contribution >= 0.6 is 0 Å². The first-order valence-corrected chi connectivity index (χ1v) is 8.07. The van der Waals surface area contributed by atoms with E-state index in [2.05, 4.69) is 26.5 Å². The summed E-state index contributed by atoms with van der Waals surface area (Å²) < 4.78 is 4.82. The summed E-state index contributed by atoms with van der Waals surface area (Å²) in [5.74, 6) is -2.20. The van der Waals surface area contributed by atoms with Crippen molar-refractivity contribution in [3.8, 4) is 0 Å². The van der Waals surface area contributed by atoms with Gasteiger partial charge < -0.3 is 42.6 Å². The third-order valence-corrected chi connectivity index (χ3v) is 3.02. The Kier molecular flexibility index (Phi) is 10.8. The molecule has 0 aliphatic heterocycles. The second-order valence-corrected chi connectivity index (χ2v) is 5.53. The number of hydrogen-bond acceptors (Lipinski definition) is 9. The van der Waals surface area contributed by atoms with Gasteiger partial charge in [-0.1, -0.05) is 12.1 Å². The average Bonchev–Trinajstić information content (AvgIpc) is 3.06. The van der Waals surface area contributed by atoms with Crippen LogP contribution in [0.3, 0.4) is 0 Å². The highest BCUT2D eigenvalue weighted by atomic mass is 16.5. The predicted octanol–water partition coefficient (Wildman–Crippen LogP) is -2.54. The standard InChI is InChI=1S/C11H18N6O6.C3H7NO/c1-4(18)8(10(20)21)16-11(22)14-3-7-15-9(17-23-7)5(12)2-6(13)19;1-2-3(4)5/h4-5,8,18H,2-3,12H2,1H3,(H2,13,19)(H,20,21)(H2,14,16,22);2H2,1H3,(H2,4,5). The van der Waals surface area contributed by atoms with E-state index >= 15 is 0 Å². The molecule has 0 aliphatic carbocycles. The van der Waals surface area contributed by atoms with Gasteiger partial charge in [-0.25, -0.2) is 9.59 Å². The summed E-state index contributed by atoms with van der Waals surface area (Å²) in [4.78, 5) is 46.6. The molecule has 1 rings (SSSR count). The van der Waals surface area contributed by atoms with Gasteiger partial charge in [0.2, 0.25) is 17.7 Å². The van der Waals surface area contributed by atoms with Crippen LogP contribution in [-0.4, -0.2) is 56.3 Å². The molecule has 0 saturated heterocycles. The summed E-state index contributed by atoms with van der Waals surface area (Å²) in [6.45, 7) is 2.75. The van der Waals surface area contributed by atoms with Crippen molar-refractivity contribution in [1.29, 1.82) is 0 Å². The number of aliphatic hydroxyl groups excluding tert-OH is 1. The minimum Gasteiger partial charge on any atom is -0.480 e. The zero-order valence-electron chi connectivity index (χ0n) is 15.4. The first-order valence-electron chi connectivity index (χ1n) is 8.07. The van der Waals surface area contributed by atoms with Gasteiger partial charge in [0.25, 0.3) is 0 Å². The van der Waals surface area contributed by atoms with Gasteiger partial charge in [-0.15, -0.1) is 0 Å². The SMILES string of the molecule is CC(O)C(NC(=O)NCc1nc(C(N)CC(N)=O)no1)C(=O)O.CCC(N)=O. The highest BCUT2D eigenvalue weighted by molar-refractivity contribution is 5.82. The fraction of sp³-hybridized carbons (Fsp3) is 0.571. The van der Waals surface area contributed by atoms with Crippen molar-refractivity contribution < 1.29 is 33.9 Å². The lowest BCUT2D eigenvalue weighted by Gasteiger charge is -2.16. The van der Waals surface area contributed by atoms with E-state index in [1.165, 1.54) is 6.92 Å². The fourth-order valence-electron chi connectivity index (χ4n) is 1.54. The lowest BCUT2D eigenvalue weighted by molar-refractivity contribution is -0.141. The number of aliphatic carboxylic acids is 1. The third-order valence-electron chi connectivity index (χ3n) is 3.02. The summed E-state index contributed by atoms with van der Waals surface area (Å²) >= 11 is 0. The Hall–Kier alpha value is -3.26. The maximum absolute atomic E-state index is 11.5. The zero-order valence-corrected chi connectivity index (χ0v) is 15.4. The molecule has 3 atom stereocenters. The van der Waals surface area contributed by atoms with Crippen molar-refractivity contribution in [1.82, 2.24) is 20.8 Å². The molecule has 10 N–H and O–H groups in total. The van der Waals surface area contributed by atoms with E-state index in [4.69, 9.17) is 21.1 Å². The molecule has 1 aromatic rings. The number of carbonyl (C=O) groups is 4. The lowest BCUT2D eigenvalue weighted by atomic mass is 10.2. The number of nitrogens with two attached hydrogens (primary N) is 3. The molecule has 3 unspecified atom stereocenters. The molecule has 28 heavy (non-hydrogen) atoms. The number of nitrogens with zero attached hydrogens (tertiary/aromatic N) is 2. The maximum atomic E-state index is 11.5. The Balaban J connectivity index is 0.00000129. The van der Waals surface area contributed by atoms with Gasteiger partial charge in [0.05, 0.1) is 18.7 Å². The van der Waals surface area contributed by atoms with Crippen molar-refractivity contribution >= 4 is 23.8 Å². The molecule has 0 bridgehead atoms. The van der Waals surface area contributed by atoms with Crippen molar-refractivity contribution in [3.05, 3.63) is 11.7 Å². The molecule has 0 aliphatic rings. The van der Waals surface area contributed by atoms with Crippen LogP contribution < -0.4 is 27.8 Å². The number of aliphatic hydroxyl groups is 1. The molecule has 4 amide bonds. The van der Waals surface area contributed by atoms with Crippen LogP contribution in [0.4, 0.5) is 4.79 Å². The van der Waals surface area contributed by atoms with Gasteiger partial charge in [-0.2, -0.15) is 4.98 Å². The molecule has 0 aromatic carbocycles. The highest BCUT2D eigenvalue weighted by Crippen LogP contribution is 2.09. The van der Waals surface area contributed by atoms with Gasteiger partial charge in [-0.05, 0) is 6.92 Å². The summed E-state index contributed by atoms with van der Waals surface area (Å²) in [7, 11) is 0. The molecule has 14 heteroatoms. The first kappa shape index (κ1) is 24.7. The normalized spacial score (nSPS) is 13.3. The summed E-state index contributed by atoms with van der Waals surface area (Å²) in [5, 5.41) is 25.9. The number of nitrogens with one attached hydrogen (secondary N) is 2. The first-order chi connectivity index (χ1) is 13.0. The second-order valence-electron chi connectivity index (χ2n) is 5.53. The molecule has 0 fully saturated rings.